The first-order valence-corrected chi connectivity index (χ1v) is 12.3. The summed E-state index contributed by atoms with van der Waals surface area (Å²) in [4.78, 5) is 23.0. The van der Waals surface area contributed by atoms with E-state index in [-0.39, 0.29) is 5.91 Å². The van der Waals surface area contributed by atoms with E-state index in [1.54, 1.807) is 14.2 Å². The number of hydrogen-bond donors (Lipinski definition) is 0. The highest BCUT2D eigenvalue weighted by molar-refractivity contribution is 6.07. The molecule has 0 aliphatic carbocycles. The molecule has 1 saturated heterocycles. The number of ether oxygens (including phenoxy) is 2. The summed E-state index contributed by atoms with van der Waals surface area (Å²) in [7, 11) is 3.21. The van der Waals surface area contributed by atoms with Gasteiger partial charge >= 0.3 is 0 Å². The van der Waals surface area contributed by atoms with Crippen LogP contribution in [0.25, 0.3) is 22.2 Å². The molecule has 3 aromatic carbocycles. The zero-order valence-electron chi connectivity index (χ0n) is 21.0. The first kappa shape index (κ1) is 24.1. The van der Waals surface area contributed by atoms with Crippen molar-refractivity contribution in [1.29, 1.82) is 5.26 Å². The number of hydrogen-bond acceptors (Lipinski definition) is 6. The van der Waals surface area contributed by atoms with Gasteiger partial charge in [-0.15, -0.1) is 0 Å². The Kier molecular flexibility index (Phi) is 6.91. The van der Waals surface area contributed by atoms with Crippen LogP contribution in [0.5, 0.6) is 11.5 Å². The van der Waals surface area contributed by atoms with Crippen LogP contribution >= 0.6 is 0 Å². The molecule has 1 amide bonds. The third-order valence-corrected chi connectivity index (χ3v) is 6.77. The number of carbonyl (C=O) groups is 1. The lowest BCUT2D eigenvalue weighted by Crippen LogP contribution is -2.35. The minimum absolute atomic E-state index is 0.00186. The monoisotopic (exact) mass is 492 g/mol. The highest BCUT2D eigenvalue weighted by Gasteiger charge is 2.23. The molecule has 0 saturated carbocycles. The fourth-order valence-electron chi connectivity index (χ4n) is 4.79. The van der Waals surface area contributed by atoms with Gasteiger partial charge in [-0.2, -0.15) is 5.26 Å². The van der Waals surface area contributed by atoms with Gasteiger partial charge in [-0.1, -0.05) is 18.2 Å². The van der Waals surface area contributed by atoms with Gasteiger partial charge in [0.1, 0.15) is 0 Å². The zero-order valence-corrected chi connectivity index (χ0v) is 21.0. The summed E-state index contributed by atoms with van der Waals surface area (Å²) in [6.07, 6.45) is 0.858. The molecule has 7 nitrogen and oxygen atoms in total. The molecule has 186 valence electrons. The number of methoxy groups -OCH3 is 2. The number of fused-ring (bicyclic) bond motifs is 1. The molecule has 0 unspecified atom stereocenters. The maximum Gasteiger partial charge on any atom is 0.254 e. The number of carbonyl (C=O) groups excluding carboxylic acids is 1. The first-order valence-electron chi connectivity index (χ1n) is 12.3. The van der Waals surface area contributed by atoms with Gasteiger partial charge in [0.05, 0.1) is 42.6 Å². The number of nitrogens with zero attached hydrogens (tertiary/aromatic N) is 4. The minimum atomic E-state index is 0.00186. The molecule has 0 radical (unpaired) electrons. The summed E-state index contributed by atoms with van der Waals surface area (Å²) in [5.41, 5.74) is 4.68. The molecule has 1 fully saturated rings. The normalized spacial score (nSPS) is 13.6. The summed E-state index contributed by atoms with van der Waals surface area (Å²) in [6, 6.07) is 25.1. The second-order valence-corrected chi connectivity index (χ2v) is 8.93. The van der Waals surface area contributed by atoms with Gasteiger partial charge in [-0.05, 0) is 61.0 Å². The number of aromatic nitrogens is 1. The topological polar surface area (TPSA) is 78.7 Å². The summed E-state index contributed by atoms with van der Waals surface area (Å²) >= 11 is 0. The predicted molar refractivity (Wildman–Crippen MR) is 144 cm³/mol. The van der Waals surface area contributed by atoms with Crippen molar-refractivity contribution in [2.24, 2.45) is 0 Å². The largest absolute Gasteiger partial charge is 0.493 e. The van der Waals surface area contributed by atoms with Crippen LogP contribution < -0.4 is 14.4 Å². The molecule has 1 aliphatic rings. The Morgan fingerprint density at radius 2 is 1.68 bits per heavy atom. The van der Waals surface area contributed by atoms with Crippen molar-refractivity contribution in [3.63, 3.8) is 0 Å². The van der Waals surface area contributed by atoms with E-state index in [0.29, 0.717) is 41.4 Å². The van der Waals surface area contributed by atoms with Crippen LogP contribution in [0.4, 0.5) is 5.69 Å². The van der Waals surface area contributed by atoms with Gasteiger partial charge in [-0.3, -0.25) is 4.79 Å². The zero-order chi connectivity index (χ0) is 25.8. The van der Waals surface area contributed by atoms with Crippen molar-refractivity contribution in [1.82, 2.24) is 9.88 Å². The van der Waals surface area contributed by atoms with Gasteiger partial charge in [0.15, 0.2) is 11.5 Å². The molecule has 1 aromatic heterocycles. The Bertz CT molecular complexity index is 1480. The first-order chi connectivity index (χ1) is 18.1. The van der Waals surface area contributed by atoms with E-state index < -0.39 is 0 Å². The smallest absolute Gasteiger partial charge is 0.254 e. The van der Waals surface area contributed by atoms with Gasteiger partial charge in [0.2, 0.25) is 0 Å². The second-order valence-electron chi connectivity index (χ2n) is 8.93. The van der Waals surface area contributed by atoms with E-state index in [2.05, 4.69) is 11.0 Å². The molecule has 0 N–H and O–H groups in total. The van der Waals surface area contributed by atoms with E-state index >= 15 is 0 Å². The Balaban J connectivity index is 1.45. The number of rotatable bonds is 5. The highest BCUT2D eigenvalue weighted by Crippen LogP contribution is 2.33. The Morgan fingerprint density at radius 1 is 0.892 bits per heavy atom. The summed E-state index contributed by atoms with van der Waals surface area (Å²) in [5, 5.41) is 9.92. The van der Waals surface area contributed by atoms with Crippen molar-refractivity contribution in [2.75, 3.05) is 45.3 Å². The summed E-state index contributed by atoms with van der Waals surface area (Å²) in [6.45, 7) is 2.86. The lowest BCUT2D eigenvalue weighted by atomic mass is 10.0. The van der Waals surface area contributed by atoms with Crippen molar-refractivity contribution in [2.45, 2.75) is 6.42 Å². The number of para-hydroxylation sites is 1. The van der Waals surface area contributed by atoms with Crippen LogP contribution in [-0.4, -0.2) is 56.2 Å². The number of anilines is 1. The van der Waals surface area contributed by atoms with Gasteiger partial charge < -0.3 is 19.3 Å². The van der Waals surface area contributed by atoms with Crippen molar-refractivity contribution >= 4 is 22.5 Å². The molecule has 0 spiro atoms. The average molecular weight is 493 g/mol. The lowest BCUT2D eigenvalue weighted by Gasteiger charge is -2.24. The lowest BCUT2D eigenvalue weighted by molar-refractivity contribution is 0.0769. The van der Waals surface area contributed by atoms with Crippen LogP contribution in [0, 0.1) is 11.3 Å². The Morgan fingerprint density at radius 3 is 2.43 bits per heavy atom. The van der Waals surface area contributed by atoms with Crippen LogP contribution in [0.1, 0.15) is 22.3 Å². The SMILES string of the molecule is COc1ccc(-c2cc(C(=O)N3CCCN(c4ccc(C#N)cc4)CC3)c3ccccc3n2)cc1OC. The number of amides is 1. The Labute approximate surface area is 216 Å². The van der Waals surface area contributed by atoms with Crippen molar-refractivity contribution in [3.8, 4) is 28.8 Å². The molecule has 0 atom stereocenters. The average Bonchev–Trinajstić information content (AvgIpc) is 3.22. The Hall–Kier alpha value is -4.57. The van der Waals surface area contributed by atoms with Crippen LogP contribution in [0.15, 0.2) is 72.8 Å². The van der Waals surface area contributed by atoms with Crippen LogP contribution in [0.3, 0.4) is 0 Å². The fraction of sp³-hybridized carbons (Fsp3) is 0.233. The molecule has 5 rings (SSSR count). The number of pyridine rings is 1. The summed E-state index contributed by atoms with van der Waals surface area (Å²) < 4.78 is 10.9. The fourth-order valence-corrected chi connectivity index (χ4v) is 4.79. The molecule has 37 heavy (non-hydrogen) atoms. The molecule has 2 heterocycles. The van der Waals surface area contributed by atoms with Crippen molar-refractivity contribution in [3.05, 3.63) is 83.9 Å². The van der Waals surface area contributed by atoms with Crippen LogP contribution in [0.2, 0.25) is 0 Å². The van der Waals surface area contributed by atoms with Gasteiger partial charge in [-0.25, -0.2) is 4.98 Å². The van der Waals surface area contributed by atoms with E-state index in [1.165, 1.54) is 0 Å². The van der Waals surface area contributed by atoms with Gasteiger partial charge in [0, 0.05) is 42.8 Å². The van der Waals surface area contributed by atoms with Gasteiger partial charge in [0.25, 0.3) is 5.91 Å². The molecule has 7 heteroatoms. The third-order valence-electron chi connectivity index (χ3n) is 6.77. The maximum absolute atomic E-state index is 13.9. The second kappa shape index (κ2) is 10.6. The number of nitriles is 1. The third kappa shape index (κ3) is 4.91. The van der Waals surface area contributed by atoms with Crippen LogP contribution in [-0.2, 0) is 0 Å². The molecule has 1 aliphatic heterocycles. The van der Waals surface area contributed by atoms with E-state index in [4.69, 9.17) is 19.7 Å². The minimum Gasteiger partial charge on any atom is -0.493 e. The van der Waals surface area contributed by atoms with Crippen molar-refractivity contribution < 1.29 is 14.3 Å². The molecular weight excluding hydrogens is 464 g/mol. The predicted octanol–water partition coefficient (Wildman–Crippen LogP) is 5.14. The molecule has 4 aromatic rings. The quantitative estimate of drug-likeness (QED) is 0.384. The maximum atomic E-state index is 13.9. The highest BCUT2D eigenvalue weighted by atomic mass is 16.5. The van der Waals surface area contributed by atoms with E-state index in [0.717, 1.165) is 41.7 Å². The number of benzene rings is 3. The van der Waals surface area contributed by atoms with E-state index in [1.807, 2.05) is 77.7 Å². The van der Waals surface area contributed by atoms with E-state index in [9.17, 15) is 4.79 Å². The molecular formula is C30H28N4O3. The standard InChI is InChI=1S/C30H28N4O3/c1-36-28-13-10-22(18-29(28)37-2)27-19-25(24-6-3-4-7-26(24)32-27)30(35)34-15-5-14-33(16-17-34)23-11-8-21(20-31)9-12-23/h3-4,6-13,18-19H,5,14-17H2,1-2H3. The summed E-state index contributed by atoms with van der Waals surface area (Å²) in [5.74, 6) is 1.25. The molecule has 0 bridgehead atoms.